The van der Waals surface area contributed by atoms with E-state index in [1.165, 1.54) is 0 Å². The molecule has 0 aliphatic rings. The van der Waals surface area contributed by atoms with Gasteiger partial charge in [0.2, 0.25) is 5.91 Å². The van der Waals surface area contributed by atoms with E-state index in [0.717, 1.165) is 22.0 Å². The molecule has 1 amide bonds. The molecule has 12 heteroatoms. The summed E-state index contributed by atoms with van der Waals surface area (Å²) in [4.78, 5) is 38.1. The number of fused-ring (bicyclic) bond motifs is 1. The first kappa shape index (κ1) is 33.9. The number of halogens is 1. The van der Waals surface area contributed by atoms with Gasteiger partial charge in [0, 0.05) is 29.1 Å². The Morgan fingerprint density at radius 3 is 2.14 bits per heavy atom. The normalized spacial score (nSPS) is 11.4. The molecule has 0 bridgehead atoms. The molecule has 11 nitrogen and oxygen atoms in total. The smallest absolute Gasteiger partial charge is 0.340 e. The molecular formula is C31H39ClN2O9. The predicted molar refractivity (Wildman–Crippen MR) is 162 cm³/mol. The van der Waals surface area contributed by atoms with Crippen LogP contribution in [-0.2, 0) is 28.5 Å². The number of aromatic amines is 1. The number of carbonyl (C=O) groups excluding carboxylic acids is 2. The van der Waals surface area contributed by atoms with Gasteiger partial charge in [-0.2, -0.15) is 0 Å². The average Bonchev–Trinajstić information content (AvgIpc) is 3.35. The molecule has 43 heavy (non-hydrogen) atoms. The minimum atomic E-state index is -0.899. The van der Waals surface area contributed by atoms with E-state index in [-0.39, 0.29) is 32.0 Å². The van der Waals surface area contributed by atoms with E-state index in [1.54, 1.807) is 12.3 Å². The first-order valence-corrected chi connectivity index (χ1v) is 14.4. The summed E-state index contributed by atoms with van der Waals surface area (Å²) < 4.78 is 27.1. The zero-order chi connectivity index (χ0) is 31.2. The number of H-pyrrole nitrogens is 1. The van der Waals surface area contributed by atoms with Crippen molar-refractivity contribution in [2.24, 2.45) is 0 Å². The monoisotopic (exact) mass is 618 g/mol. The lowest BCUT2D eigenvalue weighted by molar-refractivity contribution is -0.138. The van der Waals surface area contributed by atoms with Gasteiger partial charge in [-0.25, -0.2) is 4.79 Å². The van der Waals surface area contributed by atoms with Crippen molar-refractivity contribution >= 4 is 40.3 Å². The van der Waals surface area contributed by atoms with Crippen LogP contribution < -0.4 is 10.1 Å². The zero-order valence-electron chi connectivity index (χ0n) is 24.7. The molecule has 0 radical (unpaired) electrons. The predicted octanol–water partition coefficient (Wildman–Crippen LogP) is 4.85. The molecule has 2 aromatic carbocycles. The summed E-state index contributed by atoms with van der Waals surface area (Å²) in [5.41, 5.74) is 2.21. The Hall–Kier alpha value is -3.64. The van der Waals surface area contributed by atoms with Gasteiger partial charge in [-0.15, -0.1) is 0 Å². The van der Waals surface area contributed by atoms with E-state index >= 15 is 0 Å². The van der Waals surface area contributed by atoms with Crippen molar-refractivity contribution in [3.63, 3.8) is 0 Å². The highest BCUT2D eigenvalue weighted by Crippen LogP contribution is 2.34. The molecule has 0 atom stereocenters. The van der Waals surface area contributed by atoms with Crippen LogP contribution in [0.15, 0.2) is 42.6 Å². The molecule has 0 unspecified atom stereocenters. The first-order valence-electron chi connectivity index (χ1n) is 14.0. The Labute approximate surface area is 255 Å². The fourth-order valence-electron chi connectivity index (χ4n) is 3.91. The van der Waals surface area contributed by atoms with Gasteiger partial charge in [-0.05, 0) is 50.6 Å². The number of amides is 1. The molecule has 0 saturated carbocycles. The number of rotatable bonds is 18. The van der Waals surface area contributed by atoms with Crippen LogP contribution in [0.1, 0.15) is 44.0 Å². The van der Waals surface area contributed by atoms with Crippen LogP contribution in [0.5, 0.6) is 5.75 Å². The summed E-state index contributed by atoms with van der Waals surface area (Å²) in [7, 11) is 0. The lowest BCUT2D eigenvalue weighted by atomic mass is 10.0. The quantitative estimate of drug-likeness (QED) is 0.134. The molecule has 0 spiro atoms. The number of carboxylic acids is 1. The van der Waals surface area contributed by atoms with Gasteiger partial charge in [-0.3, -0.25) is 9.59 Å². The molecule has 0 aliphatic heterocycles. The van der Waals surface area contributed by atoms with E-state index in [9.17, 15) is 14.4 Å². The molecular weight excluding hydrogens is 580 g/mol. The summed E-state index contributed by atoms with van der Waals surface area (Å²) in [5.74, 6) is -0.812. The Morgan fingerprint density at radius 2 is 1.51 bits per heavy atom. The number of ether oxygens (including phenoxy) is 5. The maximum absolute atomic E-state index is 12.7. The lowest BCUT2D eigenvalue weighted by Gasteiger charge is -2.19. The summed E-state index contributed by atoms with van der Waals surface area (Å²) in [6.07, 6.45) is 1.81. The highest BCUT2D eigenvalue weighted by atomic mass is 35.5. The third-order valence-electron chi connectivity index (χ3n) is 5.92. The third-order valence-corrected chi connectivity index (χ3v) is 6.24. The van der Waals surface area contributed by atoms with E-state index in [2.05, 4.69) is 10.3 Å². The van der Waals surface area contributed by atoms with Gasteiger partial charge in [0.1, 0.15) is 18.0 Å². The van der Waals surface area contributed by atoms with E-state index in [4.69, 9.17) is 40.4 Å². The number of carboxylic acid groups (broad SMARTS) is 1. The number of aromatic nitrogens is 1. The van der Waals surface area contributed by atoms with Gasteiger partial charge in [0.15, 0.2) is 0 Å². The molecule has 0 aliphatic carbocycles. The highest BCUT2D eigenvalue weighted by Gasteiger charge is 2.21. The summed E-state index contributed by atoms with van der Waals surface area (Å²) in [5, 5.41) is 12.6. The SMILES string of the molecule is CC(C)(C)OC(=O)c1c[nH]c2cc(Cl)c(-c3ccc(OCCNC(=O)CCOCCOCCOCCC(=O)O)cc3)cc12. The number of aliphatic carboxylic acids is 1. The van der Waals surface area contributed by atoms with Crippen molar-refractivity contribution in [1.29, 1.82) is 0 Å². The van der Waals surface area contributed by atoms with E-state index in [1.807, 2.05) is 51.1 Å². The average molecular weight is 619 g/mol. The standard InChI is InChI=1S/C31H39ClN2O9/c1-31(2,3)43-30(38)25-20-34-27-19-26(32)23(18-24(25)27)21-4-6-22(7-5-21)42-13-10-33-28(35)8-11-39-14-16-41-17-15-40-12-9-29(36)37/h4-7,18-20,34H,8-17H2,1-3H3,(H,33,35)(H,36,37). The van der Waals surface area contributed by atoms with Crippen LogP contribution in [0.4, 0.5) is 0 Å². The van der Waals surface area contributed by atoms with Crippen molar-refractivity contribution in [2.45, 2.75) is 39.2 Å². The minimum Gasteiger partial charge on any atom is -0.492 e. The van der Waals surface area contributed by atoms with Gasteiger partial charge < -0.3 is 39.1 Å². The summed E-state index contributed by atoms with van der Waals surface area (Å²) >= 11 is 6.56. The van der Waals surface area contributed by atoms with E-state index in [0.29, 0.717) is 55.9 Å². The summed E-state index contributed by atoms with van der Waals surface area (Å²) in [6.45, 7) is 7.90. The second kappa shape index (κ2) is 16.9. The Morgan fingerprint density at radius 1 is 0.884 bits per heavy atom. The van der Waals surface area contributed by atoms with Crippen molar-refractivity contribution < 1.29 is 43.2 Å². The van der Waals surface area contributed by atoms with Gasteiger partial charge in [-0.1, -0.05) is 23.7 Å². The number of nitrogens with one attached hydrogen (secondary N) is 2. The minimum absolute atomic E-state index is 0.0334. The Kier molecular flexibility index (Phi) is 13.3. The number of esters is 1. The zero-order valence-corrected chi connectivity index (χ0v) is 25.5. The molecule has 1 aromatic heterocycles. The van der Waals surface area contributed by atoms with Crippen LogP contribution in [-0.4, -0.2) is 86.3 Å². The van der Waals surface area contributed by atoms with Crippen LogP contribution in [0.3, 0.4) is 0 Å². The number of hydrogen-bond acceptors (Lipinski definition) is 8. The Bertz CT molecular complexity index is 1350. The fourth-order valence-corrected chi connectivity index (χ4v) is 4.18. The van der Waals surface area contributed by atoms with Crippen molar-refractivity contribution in [3.8, 4) is 16.9 Å². The molecule has 234 valence electrons. The number of carbonyl (C=O) groups is 3. The largest absolute Gasteiger partial charge is 0.492 e. The fraction of sp³-hybridized carbons (Fsp3) is 0.452. The third kappa shape index (κ3) is 11.9. The van der Waals surface area contributed by atoms with Crippen LogP contribution in [0.25, 0.3) is 22.0 Å². The maximum Gasteiger partial charge on any atom is 0.340 e. The van der Waals surface area contributed by atoms with Crippen LogP contribution >= 0.6 is 11.6 Å². The van der Waals surface area contributed by atoms with E-state index < -0.39 is 17.5 Å². The molecule has 3 aromatic rings. The first-order chi connectivity index (χ1) is 20.5. The second-order valence-corrected chi connectivity index (χ2v) is 10.9. The van der Waals surface area contributed by atoms with Gasteiger partial charge in [0.05, 0.1) is 63.2 Å². The number of benzene rings is 2. The second-order valence-electron chi connectivity index (χ2n) is 10.5. The van der Waals surface area contributed by atoms with Crippen molar-refractivity contribution in [2.75, 3.05) is 52.8 Å². The van der Waals surface area contributed by atoms with Crippen LogP contribution in [0.2, 0.25) is 5.02 Å². The Balaban J connectivity index is 1.35. The molecule has 0 saturated heterocycles. The van der Waals surface area contributed by atoms with Gasteiger partial charge in [0.25, 0.3) is 0 Å². The lowest BCUT2D eigenvalue weighted by Crippen LogP contribution is -2.29. The molecule has 0 fully saturated rings. The highest BCUT2D eigenvalue weighted by molar-refractivity contribution is 6.34. The van der Waals surface area contributed by atoms with Crippen molar-refractivity contribution in [3.05, 3.63) is 53.2 Å². The topological polar surface area (TPSA) is 145 Å². The molecule has 3 N–H and O–H groups in total. The van der Waals surface area contributed by atoms with Crippen LogP contribution in [0, 0.1) is 0 Å². The maximum atomic E-state index is 12.7. The molecule has 1 heterocycles. The number of hydrogen-bond donors (Lipinski definition) is 3. The van der Waals surface area contributed by atoms with Crippen molar-refractivity contribution in [1.82, 2.24) is 10.3 Å². The summed E-state index contributed by atoms with van der Waals surface area (Å²) in [6, 6.07) is 11.1. The molecule has 3 rings (SSSR count). The van der Waals surface area contributed by atoms with Gasteiger partial charge >= 0.3 is 11.9 Å².